The van der Waals surface area contributed by atoms with Crippen LogP contribution in [0.2, 0.25) is 0 Å². The van der Waals surface area contributed by atoms with E-state index in [0.29, 0.717) is 5.92 Å². The zero-order valence-corrected chi connectivity index (χ0v) is 13.9. The number of nitrogens with one attached hydrogen (secondary N) is 2. The van der Waals surface area contributed by atoms with E-state index < -0.39 is 0 Å². The SMILES string of the molecule is CC(C)CCOc1ccc(C=Nc2ccc3[nH]c(=O)[nH]c3c2)cc1. The van der Waals surface area contributed by atoms with E-state index in [2.05, 4.69) is 28.8 Å². The highest BCUT2D eigenvalue weighted by atomic mass is 16.5. The minimum absolute atomic E-state index is 0.209. The first-order valence-corrected chi connectivity index (χ1v) is 8.09. The Morgan fingerprint density at radius 1 is 1.08 bits per heavy atom. The van der Waals surface area contributed by atoms with Crippen LogP contribution in [0.15, 0.2) is 52.3 Å². The van der Waals surface area contributed by atoms with Crippen LogP contribution in [0.5, 0.6) is 5.75 Å². The summed E-state index contributed by atoms with van der Waals surface area (Å²) in [5.41, 5.74) is 3.11. The van der Waals surface area contributed by atoms with Gasteiger partial charge in [-0.2, -0.15) is 0 Å². The molecule has 0 atom stereocenters. The number of hydrogen-bond acceptors (Lipinski definition) is 3. The Kier molecular flexibility index (Phi) is 4.79. The van der Waals surface area contributed by atoms with Crippen molar-refractivity contribution in [1.82, 2.24) is 9.97 Å². The second kappa shape index (κ2) is 7.17. The zero-order valence-electron chi connectivity index (χ0n) is 13.9. The monoisotopic (exact) mass is 323 g/mol. The molecule has 0 saturated heterocycles. The molecule has 0 aliphatic carbocycles. The molecule has 1 aromatic heterocycles. The maximum Gasteiger partial charge on any atom is 0.323 e. The van der Waals surface area contributed by atoms with Gasteiger partial charge >= 0.3 is 5.69 Å². The molecule has 0 spiro atoms. The molecule has 1 heterocycles. The fraction of sp³-hybridized carbons (Fsp3) is 0.263. The topological polar surface area (TPSA) is 70.2 Å². The van der Waals surface area contributed by atoms with Crippen LogP contribution >= 0.6 is 0 Å². The Morgan fingerprint density at radius 2 is 1.83 bits per heavy atom. The summed E-state index contributed by atoms with van der Waals surface area (Å²) in [6.07, 6.45) is 2.84. The van der Waals surface area contributed by atoms with Crippen molar-refractivity contribution in [3.05, 3.63) is 58.5 Å². The number of hydrogen-bond donors (Lipinski definition) is 2. The van der Waals surface area contributed by atoms with E-state index in [4.69, 9.17) is 4.74 Å². The fourth-order valence-corrected chi connectivity index (χ4v) is 2.31. The predicted molar refractivity (Wildman–Crippen MR) is 97.6 cm³/mol. The van der Waals surface area contributed by atoms with Gasteiger partial charge in [-0.3, -0.25) is 4.99 Å². The lowest BCUT2D eigenvalue weighted by Gasteiger charge is -2.07. The summed E-state index contributed by atoms with van der Waals surface area (Å²) in [7, 11) is 0. The van der Waals surface area contributed by atoms with Gasteiger partial charge < -0.3 is 14.7 Å². The number of fused-ring (bicyclic) bond motifs is 1. The summed E-state index contributed by atoms with van der Waals surface area (Å²) in [4.78, 5) is 21.2. The Hall–Kier alpha value is -2.82. The van der Waals surface area contributed by atoms with Crippen LogP contribution < -0.4 is 10.4 Å². The molecule has 0 amide bonds. The lowest BCUT2D eigenvalue weighted by molar-refractivity contribution is 0.289. The largest absolute Gasteiger partial charge is 0.494 e. The van der Waals surface area contributed by atoms with E-state index in [9.17, 15) is 4.79 Å². The average molecular weight is 323 g/mol. The smallest absolute Gasteiger partial charge is 0.323 e. The molecule has 3 rings (SSSR count). The Bertz CT molecular complexity index is 889. The molecule has 124 valence electrons. The van der Waals surface area contributed by atoms with Crippen molar-refractivity contribution in [2.75, 3.05) is 6.61 Å². The molecule has 2 N–H and O–H groups in total. The van der Waals surface area contributed by atoms with Gasteiger partial charge in [0.25, 0.3) is 0 Å². The molecule has 0 saturated carbocycles. The fourth-order valence-electron chi connectivity index (χ4n) is 2.31. The van der Waals surface area contributed by atoms with Gasteiger partial charge in [-0.25, -0.2) is 4.79 Å². The molecule has 5 heteroatoms. The molecule has 0 aliphatic rings. The Morgan fingerprint density at radius 3 is 2.58 bits per heavy atom. The zero-order chi connectivity index (χ0) is 16.9. The third-order valence-electron chi connectivity index (χ3n) is 3.71. The van der Waals surface area contributed by atoms with Crippen LogP contribution in [0, 0.1) is 5.92 Å². The number of ether oxygens (including phenoxy) is 1. The molecule has 0 aliphatic heterocycles. The van der Waals surface area contributed by atoms with Crippen LogP contribution in [-0.2, 0) is 0 Å². The van der Waals surface area contributed by atoms with Gasteiger partial charge in [-0.15, -0.1) is 0 Å². The second-order valence-corrected chi connectivity index (χ2v) is 6.17. The molecule has 0 bridgehead atoms. The number of H-pyrrole nitrogens is 2. The third-order valence-corrected chi connectivity index (χ3v) is 3.71. The number of aromatic amines is 2. The van der Waals surface area contributed by atoms with Crippen molar-refractivity contribution in [3.8, 4) is 5.75 Å². The molecule has 3 aromatic rings. The highest BCUT2D eigenvalue weighted by molar-refractivity contribution is 5.84. The summed E-state index contributed by atoms with van der Waals surface area (Å²) in [6, 6.07) is 13.4. The average Bonchev–Trinajstić information content (AvgIpc) is 2.93. The first kappa shape index (κ1) is 16.1. The van der Waals surface area contributed by atoms with Gasteiger partial charge in [-0.05, 0) is 60.4 Å². The second-order valence-electron chi connectivity index (χ2n) is 6.17. The lowest BCUT2D eigenvalue weighted by atomic mass is 10.1. The van der Waals surface area contributed by atoms with Gasteiger partial charge in [0.1, 0.15) is 5.75 Å². The van der Waals surface area contributed by atoms with Crippen LogP contribution in [0.25, 0.3) is 11.0 Å². The van der Waals surface area contributed by atoms with Crippen molar-refractivity contribution in [2.45, 2.75) is 20.3 Å². The summed E-state index contributed by atoms with van der Waals surface area (Å²) < 4.78 is 5.70. The lowest BCUT2D eigenvalue weighted by Crippen LogP contribution is -2.01. The minimum atomic E-state index is -0.209. The summed E-state index contributed by atoms with van der Waals surface area (Å²) in [6.45, 7) is 5.10. The maximum absolute atomic E-state index is 11.3. The number of imidazole rings is 1. The van der Waals surface area contributed by atoms with Gasteiger partial charge in [0.15, 0.2) is 0 Å². The van der Waals surface area contributed by atoms with Gasteiger partial charge in [-0.1, -0.05) is 13.8 Å². The van der Waals surface area contributed by atoms with E-state index in [-0.39, 0.29) is 5.69 Å². The van der Waals surface area contributed by atoms with Crippen molar-refractivity contribution in [3.63, 3.8) is 0 Å². The molecule has 24 heavy (non-hydrogen) atoms. The standard InChI is InChI=1S/C19H21N3O2/c1-13(2)9-10-24-16-6-3-14(4-7-16)12-20-15-5-8-17-18(11-15)22-19(23)21-17/h3-8,11-13H,9-10H2,1-2H3,(H2,21,22,23). The molecule has 0 unspecified atom stereocenters. The summed E-state index contributed by atoms with van der Waals surface area (Å²) in [5.74, 6) is 1.52. The van der Waals surface area contributed by atoms with Gasteiger partial charge in [0, 0.05) is 6.21 Å². The van der Waals surface area contributed by atoms with E-state index >= 15 is 0 Å². The first-order chi connectivity index (χ1) is 11.6. The third kappa shape index (κ3) is 4.13. The van der Waals surface area contributed by atoms with Crippen LogP contribution in [0.1, 0.15) is 25.8 Å². The summed E-state index contributed by atoms with van der Waals surface area (Å²) in [5, 5.41) is 0. The maximum atomic E-state index is 11.3. The van der Waals surface area contributed by atoms with Crippen molar-refractivity contribution in [2.24, 2.45) is 10.9 Å². The Balaban J connectivity index is 1.65. The normalized spacial score (nSPS) is 11.6. The van der Waals surface area contributed by atoms with Crippen LogP contribution in [0.4, 0.5) is 5.69 Å². The number of aromatic nitrogens is 2. The number of rotatable bonds is 6. The van der Waals surface area contributed by atoms with Crippen molar-refractivity contribution in [1.29, 1.82) is 0 Å². The Labute approximate surface area is 140 Å². The van der Waals surface area contributed by atoms with E-state index in [0.717, 1.165) is 41.1 Å². The van der Waals surface area contributed by atoms with E-state index in [1.807, 2.05) is 42.5 Å². The highest BCUT2D eigenvalue weighted by Gasteiger charge is 1.99. The minimum Gasteiger partial charge on any atom is -0.494 e. The highest BCUT2D eigenvalue weighted by Crippen LogP contribution is 2.18. The molecule has 0 fully saturated rings. The van der Waals surface area contributed by atoms with Crippen molar-refractivity contribution < 1.29 is 4.74 Å². The van der Waals surface area contributed by atoms with Gasteiger partial charge in [0.2, 0.25) is 0 Å². The molecule has 5 nitrogen and oxygen atoms in total. The molecular formula is C19H21N3O2. The van der Waals surface area contributed by atoms with Crippen LogP contribution in [-0.4, -0.2) is 22.8 Å². The first-order valence-electron chi connectivity index (χ1n) is 8.09. The molecule has 0 radical (unpaired) electrons. The van der Waals surface area contributed by atoms with Gasteiger partial charge in [0.05, 0.1) is 23.3 Å². The number of aliphatic imine (C=N–C) groups is 1. The number of benzene rings is 2. The molecular weight excluding hydrogens is 302 g/mol. The van der Waals surface area contributed by atoms with E-state index in [1.54, 1.807) is 6.21 Å². The van der Waals surface area contributed by atoms with E-state index in [1.165, 1.54) is 0 Å². The quantitative estimate of drug-likeness (QED) is 0.672. The van der Waals surface area contributed by atoms with Crippen molar-refractivity contribution >= 4 is 22.9 Å². The summed E-state index contributed by atoms with van der Waals surface area (Å²) >= 11 is 0. The molecule has 2 aromatic carbocycles. The number of nitrogens with zero attached hydrogens (tertiary/aromatic N) is 1. The predicted octanol–water partition coefficient (Wildman–Crippen LogP) is 4.03. The van der Waals surface area contributed by atoms with Crippen LogP contribution in [0.3, 0.4) is 0 Å².